The third-order valence-corrected chi connectivity index (χ3v) is 4.49. The Morgan fingerprint density at radius 3 is 3.05 bits per heavy atom. The quantitative estimate of drug-likeness (QED) is 0.792. The second kappa shape index (κ2) is 4.81. The van der Waals surface area contributed by atoms with Crippen LogP contribution in [0.4, 0.5) is 4.79 Å². The second-order valence-electron chi connectivity index (χ2n) is 6.00. The summed E-state index contributed by atoms with van der Waals surface area (Å²) >= 11 is 0. The zero-order chi connectivity index (χ0) is 15.2. The number of nitrogens with one attached hydrogen (secondary N) is 2. The van der Waals surface area contributed by atoms with Gasteiger partial charge >= 0.3 is 6.03 Å². The lowest BCUT2D eigenvalue weighted by molar-refractivity contribution is -0.126. The summed E-state index contributed by atoms with van der Waals surface area (Å²) in [5.41, 5.74) is 1.43. The van der Waals surface area contributed by atoms with E-state index in [0.29, 0.717) is 13.0 Å². The summed E-state index contributed by atoms with van der Waals surface area (Å²) in [6.45, 7) is 2.17. The molecule has 4 rings (SSSR count). The molecule has 22 heavy (non-hydrogen) atoms. The summed E-state index contributed by atoms with van der Waals surface area (Å²) in [5.74, 6) is -0.206. The number of hydrogen-bond acceptors (Lipinski definition) is 4. The Hall–Kier alpha value is -2.41. The van der Waals surface area contributed by atoms with Gasteiger partial charge in [-0.2, -0.15) is 5.10 Å². The van der Waals surface area contributed by atoms with Crippen LogP contribution in [0.1, 0.15) is 18.4 Å². The number of pyridine rings is 1. The SMILES string of the molecule is O=C1NC(=O)[C@@]2(CCCN(Cc3cnn4ccccc34)C2)N1. The summed E-state index contributed by atoms with van der Waals surface area (Å²) in [5, 5.41) is 9.50. The van der Waals surface area contributed by atoms with Crippen LogP contribution in [0.5, 0.6) is 0 Å². The molecule has 2 aliphatic rings. The van der Waals surface area contributed by atoms with E-state index in [1.54, 1.807) is 0 Å². The van der Waals surface area contributed by atoms with Crippen molar-refractivity contribution in [3.63, 3.8) is 0 Å². The highest BCUT2D eigenvalue weighted by Crippen LogP contribution is 2.26. The number of nitrogens with zero attached hydrogens (tertiary/aromatic N) is 3. The Kier molecular flexibility index (Phi) is 2.90. The molecule has 114 valence electrons. The number of aromatic nitrogens is 2. The van der Waals surface area contributed by atoms with Crippen molar-refractivity contribution in [3.8, 4) is 0 Å². The zero-order valence-corrected chi connectivity index (χ0v) is 12.1. The molecule has 7 heteroatoms. The second-order valence-corrected chi connectivity index (χ2v) is 6.00. The van der Waals surface area contributed by atoms with E-state index in [1.165, 1.54) is 0 Å². The summed E-state index contributed by atoms with van der Waals surface area (Å²) < 4.78 is 1.85. The zero-order valence-electron chi connectivity index (χ0n) is 12.1. The highest BCUT2D eigenvalue weighted by molar-refractivity contribution is 6.07. The van der Waals surface area contributed by atoms with E-state index in [0.717, 1.165) is 30.6 Å². The van der Waals surface area contributed by atoms with E-state index >= 15 is 0 Å². The molecular formula is C15H17N5O2. The lowest BCUT2D eigenvalue weighted by Crippen LogP contribution is -2.58. The van der Waals surface area contributed by atoms with Crippen LogP contribution >= 0.6 is 0 Å². The minimum atomic E-state index is -0.766. The van der Waals surface area contributed by atoms with Gasteiger partial charge in [0.15, 0.2) is 0 Å². The average molecular weight is 299 g/mol. The minimum absolute atomic E-state index is 0.206. The number of fused-ring (bicyclic) bond motifs is 1. The smallest absolute Gasteiger partial charge is 0.322 e. The average Bonchev–Trinajstić information content (AvgIpc) is 3.02. The van der Waals surface area contributed by atoms with E-state index in [2.05, 4.69) is 20.6 Å². The standard InChI is InChI=1S/C15H17N5O2/c21-13-15(18-14(22)17-13)5-3-6-19(10-15)9-11-8-16-20-7-2-1-4-12(11)20/h1-2,4,7-8H,3,5-6,9-10H2,(H2,17,18,21,22)/t15-/m0/s1. The Bertz CT molecular complexity index is 755. The Morgan fingerprint density at radius 1 is 1.32 bits per heavy atom. The Labute approximate surface area is 127 Å². The lowest BCUT2D eigenvalue weighted by atomic mass is 9.89. The molecule has 0 bridgehead atoms. The number of carbonyl (C=O) groups is 2. The van der Waals surface area contributed by atoms with Crippen LogP contribution in [0.2, 0.25) is 0 Å². The monoisotopic (exact) mass is 299 g/mol. The number of hydrogen-bond donors (Lipinski definition) is 2. The highest BCUT2D eigenvalue weighted by atomic mass is 16.2. The van der Waals surface area contributed by atoms with Crippen molar-refractivity contribution in [3.05, 3.63) is 36.2 Å². The van der Waals surface area contributed by atoms with E-state index in [1.807, 2.05) is 35.1 Å². The van der Waals surface area contributed by atoms with Gasteiger partial charge in [-0.3, -0.25) is 15.0 Å². The van der Waals surface area contributed by atoms with Gasteiger partial charge in [-0.25, -0.2) is 9.31 Å². The molecule has 2 fully saturated rings. The number of amides is 3. The molecule has 2 saturated heterocycles. The van der Waals surface area contributed by atoms with Gasteiger partial charge < -0.3 is 5.32 Å². The van der Waals surface area contributed by atoms with Gasteiger partial charge in [0.25, 0.3) is 5.91 Å². The molecular weight excluding hydrogens is 282 g/mol. The molecule has 2 aliphatic heterocycles. The number of imide groups is 1. The van der Waals surface area contributed by atoms with Gasteiger partial charge in [0, 0.05) is 24.8 Å². The molecule has 2 aromatic heterocycles. The summed E-state index contributed by atoms with van der Waals surface area (Å²) in [4.78, 5) is 25.7. The van der Waals surface area contributed by atoms with Crippen molar-refractivity contribution in [2.75, 3.05) is 13.1 Å². The first-order valence-electron chi connectivity index (χ1n) is 7.43. The Morgan fingerprint density at radius 2 is 2.23 bits per heavy atom. The molecule has 0 aliphatic carbocycles. The third kappa shape index (κ3) is 2.05. The van der Waals surface area contributed by atoms with E-state index in [9.17, 15) is 9.59 Å². The number of carbonyl (C=O) groups excluding carboxylic acids is 2. The van der Waals surface area contributed by atoms with Crippen LogP contribution in [0.15, 0.2) is 30.6 Å². The fourth-order valence-electron chi connectivity index (χ4n) is 3.44. The molecule has 0 radical (unpaired) electrons. The van der Waals surface area contributed by atoms with Crippen LogP contribution in [-0.4, -0.2) is 45.1 Å². The van der Waals surface area contributed by atoms with E-state index < -0.39 is 5.54 Å². The van der Waals surface area contributed by atoms with Gasteiger partial charge in [-0.1, -0.05) is 6.07 Å². The predicted molar refractivity (Wildman–Crippen MR) is 79.1 cm³/mol. The summed E-state index contributed by atoms with van der Waals surface area (Å²) in [6.07, 6.45) is 5.35. The minimum Gasteiger partial charge on any atom is -0.322 e. The molecule has 2 N–H and O–H groups in total. The first-order chi connectivity index (χ1) is 10.7. The fourth-order valence-corrected chi connectivity index (χ4v) is 3.44. The van der Waals surface area contributed by atoms with Crippen molar-refractivity contribution >= 4 is 17.5 Å². The molecule has 0 unspecified atom stereocenters. The van der Waals surface area contributed by atoms with Crippen molar-refractivity contribution in [2.45, 2.75) is 24.9 Å². The normalized spacial score (nSPS) is 25.6. The van der Waals surface area contributed by atoms with Crippen LogP contribution in [0.25, 0.3) is 5.52 Å². The van der Waals surface area contributed by atoms with Gasteiger partial charge in [0.05, 0.1) is 11.7 Å². The maximum Gasteiger partial charge on any atom is 0.322 e. The summed E-state index contributed by atoms with van der Waals surface area (Å²) in [7, 11) is 0. The van der Waals surface area contributed by atoms with Crippen molar-refractivity contribution < 1.29 is 9.59 Å². The number of rotatable bonds is 2. The Balaban J connectivity index is 1.56. The maximum absolute atomic E-state index is 12.1. The number of urea groups is 1. The third-order valence-electron chi connectivity index (χ3n) is 4.49. The molecule has 4 heterocycles. The molecule has 0 saturated carbocycles. The first-order valence-corrected chi connectivity index (χ1v) is 7.43. The van der Waals surface area contributed by atoms with Gasteiger partial charge in [0.1, 0.15) is 5.54 Å². The van der Waals surface area contributed by atoms with E-state index in [4.69, 9.17) is 0 Å². The highest BCUT2D eigenvalue weighted by Gasteiger charge is 2.48. The van der Waals surface area contributed by atoms with Crippen molar-refractivity contribution in [2.24, 2.45) is 0 Å². The molecule has 3 amide bonds. The van der Waals surface area contributed by atoms with Crippen LogP contribution < -0.4 is 10.6 Å². The summed E-state index contributed by atoms with van der Waals surface area (Å²) in [6, 6.07) is 5.58. The molecule has 0 aromatic carbocycles. The predicted octanol–water partition coefficient (Wildman–Crippen LogP) is 0.508. The molecule has 1 spiro atoms. The van der Waals surface area contributed by atoms with Crippen molar-refractivity contribution in [1.82, 2.24) is 25.1 Å². The lowest BCUT2D eigenvalue weighted by Gasteiger charge is -2.37. The van der Waals surface area contributed by atoms with Gasteiger partial charge in [-0.05, 0) is 31.5 Å². The molecule has 1 atom stereocenters. The topological polar surface area (TPSA) is 78.7 Å². The molecule has 7 nitrogen and oxygen atoms in total. The number of likely N-dealkylation sites (tertiary alicyclic amines) is 1. The maximum atomic E-state index is 12.1. The van der Waals surface area contributed by atoms with Gasteiger partial charge in [-0.15, -0.1) is 0 Å². The first kappa shape index (κ1) is 13.3. The van der Waals surface area contributed by atoms with Crippen LogP contribution in [-0.2, 0) is 11.3 Å². The van der Waals surface area contributed by atoms with Crippen LogP contribution in [0.3, 0.4) is 0 Å². The number of piperidine rings is 1. The van der Waals surface area contributed by atoms with E-state index in [-0.39, 0.29) is 11.9 Å². The van der Waals surface area contributed by atoms with Crippen molar-refractivity contribution in [1.29, 1.82) is 0 Å². The largest absolute Gasteiger partial charge is 0.322 e. The van der Waals surface area contributed by atoms with Crippen LogP contribution in [0, 0.1) is 0 Å². The molecule has 2 aromatic rings. The van der Waals surface area contributed by atoms with Gasteiger partial charge in [0.2, 0.25) is 0 Å². The fraction of sp³-hybridized carbons (Fsp3) is 0.400.